The first-order chi connectivity index (χ1) is 15.3. The van der Waals surface area contributed by atoms with Crippen molar-refractivity contribution in [2.75, 3.05) is 52.5 Å². The summed E-state index contributed by atoms with van der Waals surface area (Å²) in [5.41, 5.74) is 2.02. The molecule has 0 aromatic carbocycles. The fourth-order valence-electron chi connectivity index (χ4n) is 4.38. The van der Waals surface area contributed by atoms with Gasteiger partial charge in [-0.05, 0) is 46.1 Å². The average molecular weight is 449 g/mol. The van der Waals surface area contributed by atoms with Crippen molar-refractivity contribution in [3.8, 4) is 0 Å². The lowest BCUT2D eigenvalue weighted by molar-refractivity contribution is -0.126. The number of esters is 1. The molecule has 3 heterocycles. The number of aromatic amines is 1. The van der Waals surface area contributed by atoms with Gasteiger partial charge in [-0.25, -0.2) is 4.79 Å². The third-order valence-electron chi connectivity index (χ3n) is 6.11. The highest BCUT2D eigenvalue weighted by molar-refractivity contribution is 6.00. The van der Waals surface area contributed by atoms with Crippen molar-refractivity contribution >= 4 is 17.8 Å². The lowest BCUT2D eigenvalue weighted by atomic mass is 9.96. The Balaban J connectivity index is 1.58. The minimum atomic E-state index is -0.429. The second-order valence-electron chi connectivity index (χ2n) is 8.91. The molecule has 3 rings (SSSR count). The number of amides is 2. The van der Waals surface area contributed by atoms with Crippen molar-refractivity contribution in [3.63, 3.8) is 0 Å². The van der Waals surface area contributed by atoms with Crippen molar-refractivity contribution < 1.29 is 23.9 Å². The molecule has 1 aromatic rings. The predicted octanol–water partition coefficient (Wildman–Crippen LogP) is 1.50. The molecule has 0 aliphatic carbocycles. The zero-order chi connectivity index (χ0) is 23.3. The quantitative estimate of drug-likeness (QED) is 0.613. The van der Waals surface area contributed by atoms with Crippen molar-refractivity contribution in [3.05, 3.63) is 22.5 Å². The fraction of sp³-hybridized carbons (Fsp3) is 0.696. The van der Waals surface area contributed by atoms with Crippen LogP contribution in [-0.4, -0.2) is 91.2 Å². The van der Waals surface area contributed by atoms with Crippen molar-refractivity contribution in [2.24, 2.45) is 5.92 Å². The maximum Gasteiger partial charge on any atom is 0.340 e. The molecule has 2 amide bonds. The number of aromatic nitrogens is 1. The minimum absolute atomic E-state index is 0.00338. The summed E-state index contributed by atoms with van der Waals surface area (Å²) in [4.78, 5) is 45.4. The molecular formula is C23H36N4O5. The van der Waals surface area contributed by atoms with Crippen LogP contribution < -0.4 is 5.32 Å². The van der Waals surface area contributed by atoms with Gasteiger partial charge in [-0.15, -0.1) is 0 Å². The number of carbonyl (C=O) groups excluding carboxylic acids is 3. The minimum Gasteiger partial charge on any atom is -0.459 e. The number of H-pyrrole nitrogens is 1. The number of nitrogens with zero attached hydrogens (tertiary/aromatic N) is 2. The van der Waals surface area contributed by atoms with Crippen LogP contribution in [0.4, 0.5) is 0 Å². The van der Waals surface area contributed by atoms with Gasteiger partial charge in [-0.1, -0.05) is 0 Å². The molecule has 178 valence electrons. The summed E-state index contributed by atoms with van der Waals surface area (Å²) in [5.74, 6) is -0.836. The molecule has 32 heavy (non-hydrogen) atoms. The van der Waals surface area contributed by atoms with Gasteiger partial charge >= 0.3 is 5.97 Å². The normalized spacial score (nSPS) is 19.8. The van der Waals surface area contributed by atoms with E-state index in [1.165, 1.54) is 0 Å². The van der Waals surface area contributed by atoms with E-state index in [2.05, 4.69) is 15.2 Å². The number of likely N-dealkylation sites (tertiary alicyclic amines) is 1. The van der Waals surface area contributed by atoms with E-state index in [1.807, 2.05) is 0 Å². The number of aryl methyl sites for hydroxylation is 1. The van der Waals surface area contributed by atoms with Crippen LogP contribution in [-0.2, 0) is 14.3 Å². The van der Waals surface area contributed by atoms with Gasteiger partial charge in [-0.2, -0.15) is 0 Å². The van der Waals surface area contributed by atoms with Crippen LogP contribution in [0.2, 0.25) is 0 Å². The highest BCUT2D eigenvalue weighted by Gasteiger charge is 2.32. The number of carbonyl (C=O) groups is 3. The zero-order valence-corrected chi connectivity index (χ0v) is 19.7. The summed E-state index contributed by atoms with van der Waals surface area (Å²) in [6, 6.07) is 0. The van der Waals surface area contributed by atoms with Crippen LogP contribution >= 0.6 is 0 Å². The van der Waals surface area contributed by atoms with Gasteiger partial charge in [0, 0.05) is 45.0 Å². The second-order valence-corrected chi connectivity index (χ2v) is 8.91. The molecule has 0 spiro atoms. The van der Waals surface area contributed by atoms with Gasteiger partial charge in [0.05, 0.1) is 30.8 Å². The van der Waals surface area contributed by atoms with Gasteiger partial charge in [0.2, 0.25) is 5.91 Å². The third-order valence-corrected chi connectivity index (χ3v) is 6.11. The van der Waals surface area contributed by atoms with Gasteiger partial charge < -0.3 is 24.7 Å². The topological polar surface area (TPSA) is 104 Å². The number of rotatable bonds is 7. The lowest BCUT2D eigenvalue weighted by Gasteiger charge is -2.32. The number of hydrogen-bond acceptors (Lipinski definition) is 6. The van der Waals surface area contributed by atoms with E-state index < -0.39 is 5.97 Å². The van der Waals surface area contributed by atoms with Crippen LogP contribution in [0.15, 0.2) is 0 Å². The average Bonchev–Trinajstić information content (AvgIpc) is 3.07. The predicted molar refractivity (Wildman–Crippen MR) is 120 cm³/mol. The molecule has 9 heteroatoms. The van der Waals surface area contributed by atoms with Crippen molar-refractivity contribution in [2.45, 2.75) is 46.6 Å². The molecule has 2 aliphatic heterocycles. The standard InChI is InChI=1S/C23H36N4O5/c1-15(2)32-23(30)19-16(3)20(25-17(19)4)22(29)27-8-5-6-18(14-27)21(28)24-7-9-26-10-12-31-13-11-26/h15,18,25H,5-14H2,1-4H3,(H,24,28)/t18-/m0/s1. The molecule has 2 fully saturated rings. The van der Waals surface area contributed by atoms with Crippen LogP contribution in [0.25, 0.3) is 0 Å². The smallest absolute Gasteiger partial charge is 0.340 e. The summed E-state index contributed by atoms with van der Waals surface area (Å²) >= 11 is 0. The van der Waals surface area contributed by atoms with E-state index in [0.717, 1.165) is 45.7 Å². The summed E-state index contributed by atoms with van der Waals surface area (Å²) < 4.78 is 10.7. The first-order valence-electron chi connectivity index (χ1n) is 11.5. The van der Waals surface area contributed by atoms with Crippen LogP contribution in [0.5, 0.6) is 0 Å². The van der Waals surface area contributed by atoms with E-state index >= 15 is 0 Å². The van der Waals surface area contributed by atoms with Crippen LogP contribution in [0.1, 0.15) is 58.8 Å². The molecule has 2 saturated heterocycles. The Labute approximate surface area is 189 Å². The van der Waals surface area contributed by atoms with Gasteiger partial charge in [0.15, 0.2) is 0 Å². The molecule has 0 radical (unpaired) electrons. The first kappa shape index (κ1) is 24.3. The second kappa shape index (κ2) is 11.0. The Bertz CT molecular complexity index is 829. The monoisotopic (exact) mass is 448 g/mol. The maximum atomic E-state index is 13.2. The zero-order valence-electron chi connectivity index (χ0n) is 19.7. The largest absolute Gasteiger partial charge is 0.459 e. The molecule has 0 unspecified atom stereocenters. The third kappa shape index (κ3) is 5.89. The Morgan fingerprint density at radius 2 is 1.91 bits per heavy atom. The van der Waals surface area contributed by atoms with E-state index in [0.29, 0.717) is 42.1 Å². The van der Waals surface area contributed by atoms with Gasteiger partial charge in [-0.3, -0.25) is 14.5 Å². The highest BCUT2D eigenvalue weighted by Crippen LogP contribution is 2.24. The van der Waals surface area contributed by atoms with E-state index in [1.54, 1.807) is 32.6 Å². The molecule has 0 bridgehead atoms. The molecule has 2 N–H and O–H groups in total. The van der Waals surface area contributed by atoms with Crippen molar-refractivity contribution in [1.82, 2.24) is 20.1 Å². The SMILES string of the molecule is Cc1[nH]c(C(=O)N2CCC[C@H](C(=O)NCCN3CCOCC3)C2)c(C)c1C(=O)OC(C)C. The summed E-state index contributed by atoms with van der Waals surface area (Å²) in [6.45, 7) is 12.7. The first-order valence-corrected chi connectivity index (χ1v) is 11.5. The molecule has 0 saturated carbocycles. The number of ether oxygens (including phenoxy) is 2. The lowest BCUT2D eigenvalue weighted by Crippen LogP contribution is -2.47. The molecule has 1 atom stereocenters. The summed E-state index contributed by atoms with van der Waals surface area (Å²) in [5, 5.41) is 3.03. The number of nitrogens with one attached hydrogen (secondary N) is 2. The highest BCUT2D eigenvalue weighted by atomic mass is 16.5. The Morgan fingerprint density at radius 1 is 1.19 bits per heavy atom. The summed E-state index contributed by atoms with van der Waals surface area (Å²) in [7, 11) is 0. The molecular weight excluding hydrogens is 412 g/mol. The Hall–Kier alpha value is -2.39. The number of morpholine rings is 1. The van der Waals surface area contributed by atoms with E-state index in [9.17, 15) is 14.4 Å². The summed E-state index contributed by atoms with van der Waals surface area (Å²) in [6.07, 6.45) is 1.30. The van der Waals surface area contributed by atoms with Crippen LogP contribution in [0, 0.1) is 19.8 Å². The van der Waals surface area contributed by atoms with Gasteiger partial charge in [0.25, 0.3) is 5.91 Å². The molecule has 1 aromatic heterocycles. The fourth-order valence-corrected chi connectivity index (χ4v) is 4.38. The number of piperidine rings is 1. The maximum absolute atomic E-state index is 13.2. The number of hydrogen-bond donors (Lipinski definition) is 2. The molecule has 9 nitrogen and oxygen atoms in total. The molecule has 2 aliphatic rings. The van der Waals surface area contributed by atoms with Gasteiger partial charge in [0.1, 0.15) is 5.69 Å². The Kier molecular flexibility index (Phi) is 8.31. The van der Waals surface area contributed by atoms with Crippen molar-refractivity contribution in [1.29, 1.82) is 0 Å². The van der Waals surface area contributed by atoms with Crippen LogP contribution in [0.3, 0.4) is 0 Å². The Morgan fingerprint density at radius 3 is 2.59 bits per heavy atom. The van der Waals surface area contributed by atoms with E-state index in [-0.39, 0.29) is 23.8 Å². The van der Waals surface area contributed by atoms with E-state index in [4.69, 9.17) is 9.47 Å².